The van der Waals surface area contributed by atoms with Crippen molar-refractivity contribution in [3.8, 4) is 0 Å². The standard InChI is InChI=1S/C15H21F3N2/c1-2-20-6-4-3-5-10(9-19)15(20)11-7-13(17)14(18)8-12(11)16/h7-8,10,15H,2-6,9,19H2,1H3. The van der Waals surface area contributed by atoms with E-state index in [1.54, 1.807) is 0 Å². The molecule has 1 aromatic rings. The zero-order chi connectivity index (χ0) is 14.7. The summed E-state index contributed by atoms with van der Waals surface area (Å²) in [6.45, 7) is 3.97. The molecular formula is C15H21F3N2. The van der Waals surface area contributed by atoms with Gasteiger partial charge < -0.3 is 5.73 Å². The Balaban J connectivity index is 2.45. The van der Waals surface area contributed by atoms with Gasteiger partial charge in [0.2, 0.25) is 0 Å². The molecule has 0 aliphatic carbocycles. The van der Waals surface area contributed by atoms with Crippen LogP contribution in [0.3, 0.4) is 0 Å². The lowest BCUT2D eigenvalue weighted by molar-refractivity contribution is 0.162. The SMILES string of the molecule is CCN1CCCCC(CN)C1c1cc(F)c(F)cc1F. The van der Waals surface area contributed by atoms with Crippen molar-refractivity contribution in [2.45, 2.75) is 32.2 Å². The van der Waals surface area contributed by atoms with Crippen molar-refractivity contribution in [3.63, 3.8) is 0 Å². The van der Waals surface area contributed by atoms with Crippen LogP contribution in [-0.2, 0) is 0 Å². The topological polar surface area (TPSA) is 29.3 Å². The Kier molecular flexibility index (Phi) is 5.05. The first-order valence-electron chi connectivity index (χ1n) is 7.17. The fraction of sp³-hybridized carbons (Fsp3) is 0.600. The molecule has 2 N–H and O–H groups in total. The zero-order valence-corrected chi connectivity index (χ0v) is 11.7. The van der Waals surface area contributed by atoms with Gasteiger partial charge in [-0.3, -0.25) is 4.90 Å². The number of rotatable bonds is 3. The van der Waals surface area contributed by atoms with E-state index in [2.05, 4.69) is 4.90 Å². The largest absolute Gasteiger partial charge is 0.330 e. The van der Waals surface area contributed by atoms with Gasteiger partial charge in [0, 0.05) is 17.7 Å². The van der Waals surface area contributed by atoms with Gasteiger partial charge >= 0.3 is 0 Å². The van der Waals surface area contributed by atoms with Crippen LogP contribution < -0.4 is 5.73 Å². The summed E-state index contributed by atoms with van der Waals surface area (Å²) >= 11 is 0. The highest BCUT2D eigenvalue weighted by atomic mass is 19.2. The average Bonchev–Trinajstić information content (AvgIpc) is 2.64. The predicted molar refractivity (Wildman–Crippen MR) is 72.7 cm³/mol. The summed E-state index contributed by atoms with van der Waals surface area (Å²) in [5, 5.41) is 0. The Morgan fingerprint density at radius 3 is 2.50 bits per heavy atom. The van der Waals surface area contributed by atoms with Crippen LogP contribution in [0.4, 0.5) is 13.2 Å². The third-order valence-corrected chi connectivity index (χ3v) is 4.18. The van der Waals surface area contributed by atoms with Gasteiger partial charge in [-0.25, -0.2) is 13.2 Å². The number of nitrogens with zero attached hydrogens (tertiary/aromatic N) is 1. The van der Waals surface area contributed by atoms with Crippen molar-refractivity contribution in [3.05, 3.63) is 35.1 Å². The molecule has 1 saturated heterocycles. The Morgan fingerprint density at radius 1 is 1.15 bits per heavy atom. The third-order valence-electron chi connectivity index (χ3n) is 4.18. The molecule has 2 rings (SSSR count). The molecule has 1 heterocycles. The van der Waals surface area contributed by atoms with E-state index in [9.17, 15) is 13.2 Å². The Hall–Kier alpha value is -1.07. The van der Waals surface area contributed by atoms with Crippen molar-refractivity contribution in [1.29, 1.82) is 0 Å². The third kappa shape index (κ3) is 2.99. The van der Waals surface area contributed by atoms with Crippen LogP contribution in [0.1, 0.15) is 37.8 Å². The van der Waals surface area contributed by atoms with E-state index in [1.807, 2.05) is 6.92 Å². The molecule has 1 fully saturated rings. The minimum absolute atomic E-state index is 0.0665. The van der Waals surface area contributed by atoms with E-state index in [4.69, 9.17) is 5.73 Å². The van der Waals surface area contributed by atoms with E-state index in [0.29, 0.717) is 12.6 Å². The second kappa shape index (κ2) is 6.59. The Morgan fingerprint density at radius 2 is 1.85 bits per heavy atom. The monoisotopic (exact) mass is 286 g/mol. The van der Waals surface area contributed by atoms with Crippen LogP contribution in [0.2, 0.25) is 0 Å². The van der Waals surface area contributed by atoms with Gasteiger partial charge in [-0.2, -0.15) is 0 Å². The minimum atomic E-state index is -1.15. The van der Waals surface area contributed by atoms with Crippen LogP contribution in [0, 0.1) is 23.4 Å². The van der Waals surface area contributed by atoms with Crippen LogP contribution in [0.25, 0.3) is 0 Å². The highest BCUT2D eigenvalue weighted by molar-refractivity contribution is 5.24. The zero-order valence-electron chi connectivity index (χ0n) is 11.7. The summed E-state index contributed by atoms with van der Waals surface area (Å²) in [5.41, 5.74) is 6.04. The fourth-order valence-electron chi connectivity index (χ4n) is 3.13. The number of nitrogens with two attached hydrogens (primary N) is 1. The van der Waals surface area contributed by atoms with Gasteiger partial charge in [0.15, 0.2) is 11.6 Å². The average molecular weight is 286 g/mol. The van der Waals surface area contributed by atoms with Gasteiger partial charge in [0.1, 0.15) is 5.82 Å². The maximum Gasteiger partial charge on any atom is 0.161 e. The predicted octanol–water partition coefficient (Wildman–Crippen LogP) is 3.23. The van der Waals surface area contributed by atoms with Gasteiger partial charge in [-0.1, -0.05) is 13.3 Å². The van der Waals surface area contributed by atoms with Gasteiger partial charge in [0.05, 0.1) is 0 Å². The van der Waals surface area contributed by atoms with Crippen molar-refractivity contribution < 1.29 is 13.2 Å². The number of likely N-dealkylation sites (tertiary alicyclic amines) is 1. The van der Waals surface area contributed by atoms with Crippen molar-refractivity contribution in [2.75, 3.05) is 19.6 Å². The second-order valence-electron chi connectivity index (χ2n) is 5.35. The minimum Gasteiger partial charge on any atom is -0.330 e. The maximum absolute atomic E-state index is 14.1. The summed E-state index contributed by atoms with van der Waals surface area (Å²) in [6.07, 6.45) is 2.93. The summed E-state index contributed by atoms with van der Waals surface area (Å²) in [7, 11) is 0. The van der Waals surface area contributed by atoms with E-state index in [0.717, 1.165) is 38.4 Å². The van der Waals surface area contributed by atoms with Crippen LogP contribution in [-0.4, -0.2) is 24.5 Å². The Labute approximate surface area is 117 Å². The molecule has 0 bridgehead atoms. The fourth-order valence-corrected chi connectivity index (χ4v) is 3.13. The van der Waals surface area contributed by atoms with Crippen LogP contribution in [0.5, 0.6) is 0 Å². The molecule has 5 heteroatoms. The molecule has 1 aromatic carbocycles. The van der Waals surface area contributed by atoms with E-state index < -0.39 is 17.5 Å². The van der Waals surface area contributed by atoms with E-state index in [-0.39, 0.29) is 17.5 Å². The molecule has 0 aromatic heterocycles. The summed E-state index contributed by atoms with van der Waals surface area (Å²) in [6, 6.07) is 1.35. The number of hydrogen-bond donors (Lipinski definition) is 1. The van der Waals surface area contributed by atoms with Crippen LogP contribution in [0.15, 0.2) is 12.1 Å². The quantitative estimate of drug-likeness (QED) is 0.864. The number of hydrogen-bond acceptors (Lipinski definition) is 2. The Bertz CT molecular complexity index is 451. The summed E-state index contributed by atoms with van der Waals surface area (Å²) < 4.78 is 40.7. The maximum atomic E-state index is 14.1. The molecule has 1 aliphatic rings. The molecule has 0 radical (unpaired) electrons. The van der Waals surface area contributed by atoms with E-state index >= 15 is 0 Å². The molecule has 1 aliphatic heterocycles. The normalized spacial score (nSPS) is 24.6. The molecule has 0 saturated carbocycles. The highest BCUT2D eigenvalue weighted by Crippen LogP contribution is 2.36. The lowest BCUT2D eigenvalue weighted by Gasteiger charge is -2.34. The first kappa shape index (κ1) is 15.3. The van der Waals surface area contributed by atoms with Crippen molar-refractivity contribution >= 4 is 0 Å². The van der Waals surface area contributed by atoms with Crippen LogP contribution >= 0.6 is 0 Å². The number of benzene rings is 1. The second-order valence-corrected chi connectivity index (χ2v) is 5.35. The first-order chi connectivity index (χ1) is 9.58. The molecule has 2 nitrogen and oxygen atoms in total. The van der Waals surface area contributed by atoms with Gasteiger partial charge in [-0.05, 0) is 44.5 Å². The molecule has 0 spiro atoms. The summed E-state index contributed by atoms with van der Waals surface area (Å²) in [4.78, 5) is 2.11. The first-order valence-corrected chi connectivity index (χ1v) is 7.17. The molecule has 20 heavy (non-hydrogen) atoms. The summed E-state index contributed by atoms with van der Waals surface area (Å²) in [5.74, 6) is -2.77. The molecule has 112 valence electrons. The molecule has 2 unspecified atom stereocenters. The lowest BCUT2D eigenvalue weighted by Crippen LogP contribution is -2.36. The molecule has 0 amide bonds. The number of halogens is 3. The van der Waals surface area contributed by atoms with Crippen molar-refractivity contribution in [2.24, 2.45) is 11.7 Å². The van der Waals surface area contributed by atoms with E-state index in [1.165, 1.54) is 0 Å². The van der Waals surface area contributed by atoms with Gasteiger partial charge in [-0.15, -0.1) is 0 Å². The lowest BCUT2D eigenvalue weighted by atomic mass is 9.89. The van der Waals surface area contributed by atoms with Gasteiger partial charge in [0.25, 0.3) is 0 Å². The smallest absolute Gasteiger partial charge is 0.161 e. The highest BCUT2D eigenvalue weighted by Gasteiger charge is 2.32. The molecular weight excluding hydrogens is 265 g/mol. The van der Waals surface area contributed by atoms with Crippen molar-refractivity contribution in [1.82, 2.24) is 4.90 Å². The molecule has 2 atom stereocenters.